The van der Waals surface area contributed by atoms with E-state index >= 15 is 0 Å². The maximum Gasteiger partial charge on any atom is 0.308 e. The minimum Gasteiger partial charge on any atom is -0.494 e. The van der Waals surface area contributed by atoms with Gasteiger partial charge in [-0.15, -0.1) is 0 Å². The summed E-state index contributed by atoms with van der Waals surface area (Å²) in [4.78, 5) is 24.0. The molecule has 5 heteroatoms. The van der Waals surface area contributed by atoms with Crippen LogP contribution in [0.4, 0.5) is 0 Å². The standard InChI is InChI=1S/C15H21NO4/c1-12(15(18)19)11-16(2)14(17)9-6-10-20-13-7-4-3-5-8-13/h3-5,7-8,12H,6,9-11H2,1-2H3,(H,18,19). The third-order valence-corrected chi connectivity index (χ3v) is 2.94. The Morgan fingerprint density at radius 2 is 1.95 bits per heavy atom. The highest BCUT2D eigenvalue weighted by Crippen LogP contribution is 2.09. The van der Waals surface area contributed by atoms with Crippen LogP contribution in [0.25, 0.3) is 0 Å². The third-order valence-electron chi connectivity index (χ3n) is 2.94. The third kappa shape index (κ3) is 5.73. The summed E-state index contributed by atoms with van der Waals surface area (Å²) in [5.41, 5.74) is 0. The molecule has 0 aromatic heterocycles. The lowest BCUT2D eigenvalue weighted by Gasteiger charge is -2.19. The highest BCUT2D eigenvalue weighted by atomic mass is 16.5. The predicted octanol–water partition coefficient (Wildman–Crippen LogP) is 2.02. The number of amides is 1. The van der Waals surface area contributed by atoms with Crippen LogP contribution in [0.2, 0.25) is 0 Å². The molecule has 0 aliphatic rings. The van der Waals surface area contributed by atoms with Gasteiger partial charge in [0.25, 0.3) is 0 Å². The molecule has 0 fully saturated rings. The van der Waals surface area contributed by atoms with Crippen LogP contribution in [-0.2, 0) is 9.59 Å². The average Bonchev–Trinajstić information content (AvgIpc) is 2.44. The highest BCUT2D eigenvalue weighted by molar-refractivity contribution is 5.77. The lowest BCUT2D eigenvalue weighted by atomic mass is 10.1. The first-order chi connectivity index (χ1) is 9.50. The largest absolute Gasteiger partial charge is 0.494 e. The van der Waals surface area contributed by atoms with Gasteiger partial charge in [-0.3, -0.25) is 9.59 Å². The van der Waals surface area contributed by atoms with Gasteiger partial charge < -0.3 is 14.7 Å². The lowest BCUT2D eigenvalue weighted by molar-refractivity contribution is -0.142. The Hall–Kier alpha value is -2.04. The molecule has 0 bridgehead atoms. The number of hydrogen-bond donors (Lipinski definition) is 1. The summed E-state index contributed by atoms with van der Waals surface area (Å²) >= 11 is 0. The molecule has 1 aromatic carbocycles. The number of para-hydroxylation sites is 1. The molecule has 0 aliphatic carbocycles. The summed E-state index contributed by atoms with van der Waals surface area (Å²) < 4.78 is 5.49. The Balaban J connectivity index is 2.21. The van der Waals surface area contributed by atoms with E-state index in [9.17, 15) is 9.59 Å². The maximum absolute atomic E-state index is 11.8. The van der Waals surface area contributed by atoms with Crippen molar-refractivity contribution in [1.82, 2.24) is 4.90 Å². The molecule has 5 nitrogen and oxygen atoms in total. The zero-order valence-corrected chi connectivity index (χ0v) is 11.9. The summed E-state index contributed by atoms with van der Waals surface area (Å²) in [5.74, 6) is -0.718. The van der Waals surface area contributed by atoms with Crippen molar-refractivity contribution in [2.45, 2.75) is 19.8 Å². The first-order valence-corrected chi connectivity index (χ1v) is 6.65. The van der Waals surface area contributed by atoms with Gasteiger partial charge in [0.2, 0.25) is 5.91 Å². The van der Waals surface area contributed by atoms with Crippen molar-refractivity contribution in [3.63, 3.8) is 0 Å². The van der Waals surface area contributed by atoms with Crippen LogP contribution in [0.3, 0.4) is 0 Å². The van der Waals surface area contributed by atoms with E-state index in [4.69, 9.17) is 9.84 Å². The van der Waals surface area contributed by atoms with Gasteiger partial charge in [0, 0.05) is 20.0 Å². The highest BCUT2D eigenvalue weighted by Gasteiger charge is 2.16. The molecule has 1 unspecified atom stereocenters. The molecule has 0 heterocycles. The van der Waals surface area contributed by atoms with Crippen LogP contribution < -0.4 is 4.74 Å². The second-order valence-electron chi connectivity index (χ2n) is 4.78. The van der Waals surface area contributed by atoms with E-state index in [2.05, 4.69) is 0 Å². The smallest absolute Gasteiger partial charge is 0.308 e. The second-order valence-corrected chi connectivity index (χ2v) is 4.78. The number of aliphatic carboxylic acids is 1. The summed E-state index contributed by atoms with van der Waals surface area (Å²) in [7, 11) is 1.62. The number of rotatable bonds is 8. The van der Waals surface area contributed by atoms with Crippen LogP contribution in [0, 0.1) is 5.92 Å². The fraction of sp³-hybridized carbons (Fsp3) is 0.467. The van der Waals surface area contributed by atoms with Crippen molar-refractivity contribution in [3.05, 3.63) is 30.3 Å². The molecule has 1 atom stereocenters. The summed E-state index contributed by atoms with van der Waals surface area (Å²) in [6.07, 6.45) is 0.967. The average molecular weight is 279 g/mol. The van der Waals surface area contributed by atoms with Crippen LogP contribution >= 0.6 is 0 Å². The number of ether oxygens (including phenoxy) is 1. The number of carboxylic acids is 1. The second kappa shape index (κ2) is 8.19. The predicted molar refractivity (Wildman–Crippen MR) is 75.6 cm³/mol. The molecule has 1 N–H and O–H groups in total. The van der Waals surface area contributed by atoms with Gasteiger partial charge in [0.05, 0.1) is 12.5 Å². The van der Waals surface area contributed by atoms with Gasteiger partial charge in [-0.1, -0.05) is 25.1 Å². The Kier molecular flexibility index (Phi) is 6.56. The van der Waals surface area contributed by atoms with Crippen molar-refractivity contribution in [2.75, 3.05) is 20.2 Å². The molecule has 0 spiro atoms. The van der Waals surface area contributed by atoms with Gasteiger partial charge in [-0.2, -0.15) is 0 Å². The molecule has 0 saturated carbocycles. The Morgan fingerprint density at radius 1 is 1.30 bits per heavy atom. The summed E-state index contributed by atoms with van der Waals surface area (Å²) in [6, 6.07) is 9.42. The molecule has 0 saturated heterocycles. The van der Waals surface area contributed by atoms with E-state index in [1.807, 2.05) is 30.3 Å². The zero-order valence-electron chi connectivity index (χ0n) is 11.9. The first-order valence-electron chi connectivity index (χ1n) is 6.65. The molecular weight excluding hydrogens is 258 g/mol. The molecular formula is C15H21NO4. The molecule has 1 amide bonds. The minimum absolute atomic E-state index is 0.0604. The van der Waals surface area contributed by atoms with Crippen molar-refractivity contribution >= 4 is 11.9 Å². The number of carboxylic acid groups (broad SMARTS) is 1. The van der Waals surface area contributed by atoms with Crippen molar-refractivity contribution < 1.29 is 19.4 Å². The number of nitrogens with zero attached hydrogens (tertiary/aromatic N) is 1. The van der Waals surface area contributed by atoms with Crippen molar-refractivity contribution in [3.8, 4) is 5.75 Å². The van der Waals surface area contributed by atoms with Crippen LogP contribution in [-0.4, -0.2) is 42.1 Å². The number of carbonyl (C=O) groups is 2. The number of hydrogen-bond acceptors (Lipinski definition) is 3. The maximum atomic E-state index is 11.8. The van der Waals surface area contributed by atoms with E-state index in [1.54, 1.807) is 14.0 Å². The topological polar surface area (TPSA) is 66.8 Å². The van der Waals surface area contributed by atoms with E-state index in [0.717, 1.165) is 5.75 Å². The molecule has 1 aromatic rings. The number of benzene rings is 1. The minimum atomic E-state index is -0.892. The fourth-order valence-electron chi connectivity index (χ4n) is 1.71. The van der Waals surface area contributed by atoms with Gasteiger partial charge in [-0.05, 0) is 18.6 Å². The van der Waals surface area contributed by atoms with E-state index < -0.39 is 11.9 Å². The Bertz CT molecular complexity index is 433. The van der Waals surface area contributed by atoms with Gasteiger partial charge >= 0.3 is 5.97 Å². The fourth-order valence-corrected chi connectivity index (χ4v) is 1.71. The van der Waals surface area contributed by atoms with Gasteiger partial charge in [0.1, 0.15) is 5.75 Å². The zero-order chi connectivity index (χ0) is 15.0. The van der Waals surface area contributed by atoms with Crippen LogP contribution in [0.15, 0.2) is 30.3 Å². The molecule has 0 radical (unpaired) electrons. The van der Waals surface area contributed by atoms with Crippen molar-refractivity contribution in [1.29, 1.82) is 0 Å². The molecule has 20 heavy (non-hydrogen) atoms. The molecule has 1 rings (SSSR count). The monoisotopic (exact) mass is 279 g/mol. The van der Waals surface area contributed by atoms with Crippen LogP contribution in [0.5, 0.6) is 5.75 Å². The quantitative estimate of drug-likeness (QED) is 0.739. The van der Waals surface area contributed by atoms with E-state index in [-0.39, 0.29) is 12.5 Å². The molecule has 110 valence electrons. The van der Waals surface area contributed by atoms with Gasteiger partial charge in [-0.25, -0.2) is 0 Å². The Labute approximate surface area is 119 Å². The first kappa shape index (κ1) is 16.0. The normalized spacial score (nSPS) is 11.7. The Morgan fingerprint density at radius 3 is 2.55 bits per heavy atom. The van der Waals surface area contributed by atoms with Gasteiger partial charge in [0.15, 0.2) is 0 Å². The van der Waals surface area contributed by atoms with Crippen LogP contribution in [0.1, 0.15) is 19.8 Å². The SMILES string of the molecule is CC(CN(C)C(=O)CCCOc1ccccc1)C(=O)O. The number of carbonyl (C=O) groups excluding carboxylic acids is 1. The summed E-state index contributed by atoms with van der Waals surface area (Å²) in [5, 5.41) is 8.79. The van der Waals surface area contributed by atoms with E-state index in [0.29, 0.717) is 19.4 Å². The lowest BCUT2D eigenvalue weighted by Crippen LogP contribution is -2.33. The summed E-state index contributed by atoms with van der Waals surface area (Å²) in [6.45, 7) is 2.29. The van der Waals surface area contributed by atoms with Crippen molar-refractivity contribution in [2.24, 2.45) is 5.92 Å². The molecule has 0 aliphatic heterocycles. The van der Waals surface area contributed by atoms with E-state index in [1.165, 1.54) is 4.90 Å².